The molecule has 0 saturated carbocycles. The van der Waals surface area contributed by atoms with E-state index in [0.29, 0.717) is 17.9 Å². The van der Waals surface area contributed by atoms with Gasteiger partial charge in [-0.1, -0.05) is 0 Å². The van der Waals surface area contributed by atoms with Gasteiger partial charge in [-0.3, -0.25) is 4.79 Å². The molecule has 0 aromatic carbocycles. The number of hydrogen-bond acceptors (Lipinski definition) is 5. The highest BCUT2D eigenvalue weighted by atomic mass is 16.1. The molecule has 2 aromatic heterocycles. The van der Waals surface area contributed by atoms with E-state index in [-0.39, 0.29) is 5.91 Å². The molecular weight excluding hydrogens is 316 g/mol. The molecule has 1 N–H and O–H groups in total. The molecule has 1 fully saturated rings. The Morgan fingerprint density at radius 2 is 2.16 bits per heavy atom. The lowest BCUT2D eigenvalue weighted by Gasteiger charge is -2.19. The molecule has 0 bridgehead atoms. The number of likely N-dealkylation sites (N-methyl/N-ethyl adjacent to an activating group) is 1. The van der Waals surface area contributed by atoms with E-state index in [0.717, 1.165) is 32.6 Å². The fourth-order valence-electron chi connectivity index (χ4n) is 3.02. The molecule has 134 valence electrons. The Bertz CT molecular complexity index is 672. The van der Waals surface area contributed by atoms with Crippen molar-refractivity contribution in [2.24, 2.45) is 0 Å². The van der Waals surface area contributed by atoms with Gasteiger partial charge in [-0.25, -0.2) is 9.67 Å². The highest BCUT2D eigenvalue weighted by Crippen LogP contribution is 2.06. The molecule has 0 radical (unpaired) electrons. The van der Waals surface area contributed by atoms with Gasteiger partial charge < -0.3 is 15.1 Å². The Balaban J connectivity index is 1.44. The van der Waals surface area contributed by atoms with Crippen molar-refractivity contribution in [1.29, 1.82) is 0 Å². The molecule has 7 heteroatoms. The Morgan fingerprint density at radius 3 is 3.00 bits per heavy atom. The van der Waals surface area contributed by atoms with E-state index in [1.54, 1.807) is 29.2 Å². The number of hydrogen-bond donors (Lipinski definition) is 1. The Morgan fingerprint density at radius 1 is 1.24 bits per heavy atom. The maximum atomic E-state index is 12.3. The lowest BCUT2D eigenvalue weighted by molar-refractivity contribution is 0.0951. The molecule has 25 heavy (non-hydrogen) atoms. The molecule has 3 rings (SSSR count). The van der Waals surface area contributed by atoms with E-state index in [1.807, 2.05) is 12.3 Å². The Hall–Kier alpha value is -2.25. The van der Waals surface area contributed by atoms with E-state index < -0.39 is 0 Å². The predicted molar refractivity (Wildman–Crippen MR) is 96.9 cm³/mol. The van der Waals surface area contributed by atoms with Crippen LogP contribution in [0, 0.1) is 0 Å². The van der Waals surface area contributed by atoms with Gasteiger partial charge in [-0.15, -0.1) is 0 Å². The first-order valence-electron chi connectivity index (χ1n) is 8.87. The molecule has 0 aliphatic carbocycles. The van der Waals surface area contributed by atoms with Gasteiger partial charge in [-0.05, 0) is 57.7 Å². The molecule has 0 atom stereocenters. The molecule has 1 amide bonds. The molecule has 7 nitrogen and oxygen atoms in total. The van der Waals surface area contributed by atoms with Crippen molar-refractivity contribution in [3.63, 3.8) is 0 Å². The zero-order valence-corrected chi connectivity index (χ0v) is 14.8. The number of aromatic nitrogens is 3. The fraction of sp³-hybridized carbons (Fsp3) is 0.500. The van der Waals surface area contributed by atoms with Crippen LogP contribution in [0.3, 0.4) is 0 Å². The van der Waals surface area contributed by atoms with Gasteiger partial charge in [0.2, 0.25) is 0 Å². The summed E-state index contributed by atoms with van der Waals surface area (Å²) in [6.45, 7) is 6.28. The summed E-state index contributed by atoms with van der Waals surface area (Å²) in [6.07, 6.45) is 7.32. The average molecular weight is 342 g/mol. The largest absolute Gasteiger partial charge is 0.352 e. The van der Waals surface area contributed by atoms with Crippen molar-refractivity contribution < 1.29 is 4.79 Å². The smallest absolute Gasteiger partial charge is 0.251 e. The third kappa shape index (κ3) is 5.11. The third-order valence-corrected chi connectivity index (χ3v) is 4.50. The van der Waals surface area contributed by atoms with Gasteiger partial charge in [0.25, 0.3) is 5.91 Å². The van der Waals surface area contributed by atoms with E-state index in [2.05, 4.69) is 32.2 Å². The molecule has 0 unspecified atom stereocenters. The zero-order valence-electron chi connectivity index (χ0n) is 14.8. The second-order valence-electron chi connectivity index (χ2n) is 6.46. The van der Waals surface area contributed by atoms with Crippen LogP contribution in [0.1, 0.15) is 23.2 Å². The molecule has 1 aliphatic heterocycles. The summed E-state index contributed by atoms with van der Waals surface area (Å²) in [7, 11) is 2.18. The van der Waals surface area contributed by atoms with E-state index >= 15 is 0 Å². The van der Waals surface area contributed by atoms with Crippen LogP contribution in [0.5, 0.6) is 0 Å². The lowest BCUT2D eigenvalue weighted by Crippen LogP contribution is -2.32. The van der Waals surface area contributed by atoms with Crippen LogP contribution in [-0.4, -0.2) is 76.8 Å². The molecular formula is C18H26N6O. The Kier molecular flexibility index (Phi) is 6.14. The second kappa shape index (κ2) is 8.73. The predicted octanol–water partition coefficient (Wildman–Crippen LogP) is 1.02. The highest BCUT2D eigenvalue weighted by molar-refractivity contribution is 5.94. The summed E-state index contributed by atoms with van der Waals surface area (Å²) >= 11 is 0. The molecule has 3 heterocycles. The van der Waals surface area contributed by atoms with Crippen molar-refractivity contribution in [2.75, 3.05) is 46.3 Å². The number of nitrogens with one attached hydrogen (secondary N) is 1. The van der Waals surface area contributed by atoms with Crippen LogP contribution in [0.2, 0.25) is 0 Å². The van der Waals surface area contributed by atoms with E-state index in [9.17, 15) is 4.79 Å². The van der Waals surface area contributed by atoms with Gasteiger partial charge in [0.1, 0.15) is 0 Å². The molecule has 0 spiro atoms. The number of carbonyl (C=O) groups excluding carboxylic acids is 1. The van der Waals surface area contributed by atoms with Crippen molar-refractivity contribution in [3.8, 4) is 5.82 Å². The van der Waals surface area contributed by atoms with Crippen molar-refractivity contribution >= 4 is 5.91 Å². The summed E-state index contributed by atoms with van der Waals surface area (Å²) in [5.74, 6) is 0.581. The topological polar surface area (TPSA) is 66.3 Å². The summed E-state index contributed by atoms with van der Waals surface area (Å²) < 4.78 is 1.65. The summed E-state index contributed by atoms with van der Waals surface area (Å²) in [6, 6.07) is 5.31. The van der Waals surface area contributed by atoms with Crippen LogP contribution in [0.25, 0.3) is 5.82 Å². The van der Waals surface area contributed by atoms with Crippen LogP contribution < -0.4 is 5.32 Å². The fourth-order valence-corrected chi connectivity index (χ4v) is 3.02. The molecule has 1 aliphatic rings. The number of carbonyl (C=O) groups is 1. The van der Waals surface area contributed by atoms with Gasteiger partial charge in [0.15, 0.2) is 5.82 Å². The van der Waals surface area contributed by atoms with Crippen LogP contribution in [0.15, 0.2) is 36.8 Å². The SMILES string of the molecule is CN1CCCN(CCCNC(=O)c2ccnc(-n3cccn3)c2)CC1. The second-order valence-corrected chi connectivity index (χ2v) is 6.46. The normalized spacial score (nSPS) is 16.5. The quantitative estimate of drug-likeness (QED) is 0.794. The monoisotopic (exact) mass is 342 g/mol. The number of rotatable bonds is 6. The molecule has 2 aromatic rings. The minimum absolute atomic E-state index is 0.0635. The van der Waals surface area contributed by atoms with E-state index in [4.69, 9.17) is 0 Å². The minimum Gasteiger partial charge on any atom is -0.352 e. The van der Waals surface area contributed by atoms with Gasteiger partial charge in [0.05, 0.1) is 0 Å². The third-order valence-electron chi connectivity index (χ3n) is 4.50. The van der Waals surface area contributed by atoms with Crippen LogP contribution >= 0.6 is 0 Å². The van der Waals surface area contributed by atoms with Gasteiger partial charge >= 0.3 is 0 Å². The summed E-state index contributed by atoms with van der Waals surface area (Å²) in [4.78, 5) is 21.4. The number of amides is 1. The van der Waals surface area contributed by atoms with Gasteiger partial charge in [0, 0.05) is 43.8 Å². The van der Waals surface area contributed by atoms with Crippen LogP contribution in [-0.2, 0) is 0 Å². The van der Waals surface area contributed by atoms with Crippen molar-refractivity contribution in [2.45, 2.75) is 12.8 Å². The van der Waals surface area contributed by atoms with Crippen molar-refractivity contribution in [3.05, 3.63) is 42.4 Å². The average Bonchev–Trinajstić information content (AvgIpc) is 3.09. The highest BCUT2D eigenvalue weighted by Gasteiger charge is 2.12. The Labute approximate surface area is 148 Å². The lowest BCUT2D eigenvalue weighted by atomic mass is 10.2. The van der Waals surface area contributed by atoms with E-state index in [1.165, 1.54) is 13.0 Å². The van der Waals surface area contributed by atoms with Crippen LogP contribution in [0.4, 0.5) is 0 Å². The maximum absolute atomic E-state index is 12.3. The first kappa shape index (κ1) is 17.6. The first-order valence-corrected chi connectivity index (χ1v) is 8.87. The summed E-state index contributed by atoms with van der Waals surface area (Å²) in [5, 5.41) is 7.14. The first-order chi connectivity index (χ1) is 12.2. The number of pyridine rings is 1. The van der Waals surface area contributed by atoms with Gasteiger partial charge in [-0.2, -0.15) is 5.10 Å². The zero-order chi connectivity index (χ0) is 17.5. The standard InChI is InChI=1S/C18H26N6O/c1-22-9-4-11-23(14-13-22)10-2-6-20-18(25)16-5-8-19-17(15-16)24-12-3-7-21-24/h3,5,7-8,12,15H,2,4,6,9-11,13-14H2,1H3,(H,20,25). The minimum atomic E-state index is -0.0635. The summed E-state index contributed by atoms with van der Waals surface area (Å²) in [5.41, 5.74) is 0.608. The molecule has 1 saturated heterocycles. The maximum Gasteiger partial charge on any atom is 0.251 e. The number of nitrogens with zero attached hydrogens (tertiary/aromatic N) is 5. The van der Waals surface area contributed by atoms with Crippen molar-refractivity contribution in [1.82, 2.24) is 29.9 Å².